The second-order valence-corrected chi connectivity index (χ2v) is 8.33. The highest BCUT2D eigenvalue weighted by Gasteiger charge is 2.37. The van der Waals surface area contributed by atoms with Crippen LogP contribution in [0.2, 0.25) is 0 Å². The standard InChI is InChI=1S/C26H34N2O.ClH/c1-28(2)26(24-14-7-4-8-15-24)18-16-23(17-19-26)21-25(29)27-20-10-9-13-22-11-5-3-6-12-22;/h3-8,11-12,14-15,21H,9-10,13,16-20H2,1-2H3,(H,27,29);1H. The molecular weight excluding hydrogens is 392 g/mol. The summed E-state index contributed by atoms with van der Waals surface area (Å²) in [5, 5.41) is 3.07. The van der Waals surface area contributed by atoms with Gasteiger partial charge in [0.1, 0.15) is 0 Å². The molecular formula is C26H35ClN2O. The van der Waals surface area contributed by atoms with Gasteiger partial charge in [-0.2, -0.15) is 0 Å². The summed E-state index contributed by atoms with van der Waals surface area (Å²) in [5.41, 5.74) is 4.10. The number of hydrogen-bond donors (Lipinski definition) is 1. The number of nitrogens with zero attached hydrogens (tertiary/aromatic N) is 1. The van der Waals surface area contributed by atoms with Gasteiger partial charge in [-0.1, -0.05) is 66.2 Å². The molecule has 1 aliphatic carbocycles. The maximum atomic E-state index is 12.3. The Balaban J connectivity index is 0.00000320. The highest BCUT2D eigenvalue weighted by Crippen LogP contribution is 2.42. The summed E-state index contributed by atoms with van der Waals surface area (Å²) in [6.45, 7) is 0.751. The Morgan fingerprint density at radius 1 is 0.967 bits per heavy atom. The molecule has 30 heavy (non-hydrogen) atoms. The van der Waals surface area contributed by atoms with Crippen LogP contribution in [0.4, 0.5) is 0 Å². The number of carbonyl (C=O) groups excluding carboxylic acids is 1. The molecule has 0 spiro atoms. The fourth-order valence-electron chi connectivity index (χ4n) is 4.42. The van der Waals surface area contributed by atoms with Crippen LogP contribution in [-0.2, 0) is 16.8 Å². The van der Waals surface area contributed by atoms with Gasteiger partial charge in [-0.05, 0) is 70.2 Å². The average Bonchev–Trinajstić information content (AvgIpc) is 2.75. The number of aryl methyl sites for hydroxylation is 1. The molecule has 2 aromatic carbocycles. The molecule has 0 atom stereocenters. The van der Waals surface area contributed by atoms with Crippen molar-refractivity contribution < 1.29 is 4.79 Å². The molecule has 2 aromatic rings. The predicted molar refractivity (Wildman–Crippen MR) is 128 cm³/mol. The molecule has 3 rings (SSSR count). The van der Waals surface area contributed by atoms with Crippen LogP contribution >= 0.6 is 12.4 Å². The van der Waals surface area contributed by atoms with Crippen molar-refractivity contribution in [1.82, 2.24) is 10.2 Å². The highest BCUT2D eigenvalue weighted by molar-refractivity contribution is 5.88. The van der Waals surface area contributed by atoms with Gasteiger partial charge in [-0.3, -0.25) is 9.69 Å². The second kappa shape index (κ2) is 11.9. The highest BCUT2D eigenvalue weighted by atomic mass is 35.5. The zero-order valence-electron chi connectivity index (χ0n) is 18.3. The van der Waals surface area contributed by atoms with E-state index in [1.165, 1.54) is 16.7 Å². The lowest BCUT2D eigenvalue weighted by Crippen LogP contribution is -2.43. The van der Waals surface area contributed by atoms with Crippen LogP contribution < -0.4 is 5.32 Å². The molecule has 3 nitrogen and oxygen atoms in total. The van der Waals surface area contributed by atoms with E-state index in [1.807, 2.05) is 12.1 Å². The van der Waals surface area contributed by atoms with Crippen LogP contribution in [0.15, 0.2) is 72.3 Å². The summed E-state index contributed by atoms with van der Waals surface area (Å²) >= 11 is 0. The van der Waals surface area contributed by atoms with E-state index in [9.17, 15) is 4.79 Å². The van der Waals surface area contributed by atoms with E-state index >= 15 is 0 Å². The fourth-order valence-corrected chi connectivity index (χ4v) is 4.42. The third-order valence-corrected chi connectivity index (χ3v) is 6.26. The van der Waals surface area contributed by atoms with Crippen molar-refractivity contribution in [1.29, 1.82) is 0 Å². The van der Waals surface area contributed by atoms with Crippen molar-refractivity contribution in [2.45, 2.75) is 50.5 Å². The molecule has 1 fully saturated rings. The first-order chi connectivity index (χ1) is 14.1. The number of allylic oxidation sites excluding steroid dienone is 1. The van der Waals surface area contributed by atoms with Gasteiger partial charge in [-0.25, -0.2) is 0 Å². The molecule has 0 radical (unpaired) electrons. The Labute approximate surface area is 188 Å². The normalized spacial score (nSPS) is 18.6. The maximum absolute atomic E-state index is 12.3. The monoisotopic (exact) mass is 426 g/mol. The van der Waals surface area contributed by atoms with Crippen LogP contribution in [-0.4, -0.2) is 31.4 Å². The number of amides is 1. The minimum atomic E-state index is 0. The Morgan fingerprint density at radius 2 is 1.57 bits per heavy atom. The van der Waals surface area contributed by atoms with Gasteiger partial charge >= 0.3 is 0 Å². The number of carbonyl (C=O) groups is 1. The van der Waals surface area contributed by atoms with Crippen LogP contribution in [0.3, 0.4) is 0 Å². The summed E-state index contributed by atoms with van der Waals surface area (Å²) in [5.74, 6) is 0.0665. The Morgan fingerprint density at radius 3 is 2.17 bits per heavy atom. The van der Waals surface area contributed by atoms with Gasteiger partial charge < -0.3 is 5.32 Å². The lowest BCUT2D eigenvalue weighted by molar-refractivity contribution is -0.116. The third-order valence-electron chi connectivity index (χ3n) is 6.26. The van der Waals surface area contributed by atoms with Gasteiger partial charge in [0, 0.05) is 18.2 Å². The molecule has 4 heteroatoms. The summed E-state index contributed by atoms with van der Waals surface area (Å²) < 4.78 is 0. The largest absolute Gasteiger partial charge is 0.353 e. The third kappa shape index (κ3) is 6.45. The SMILES string of the molecule is CN(C)C1(c2ccccc2)CCC(=CC(=O)NCCCCc2ccccc2)CC1.Cl. The number of hydrogen-bond acceptors (Lipinski definition) is 2. The molecule has 1 aliphatic rings. The minimum Gasteiger partial charge on any atom is -0.353 e. The van der Waals surface area contributed by atoms with Crippen LogP contribution in [0.1, 0.15) is 49.7 Å². The first kappa shape index (κ1) is 24.2. The molecule has 1 saturated carbocycles. The summed E-state index contributed by atoms with van der Waals surface area (Å²) in [6, 6.07) is 21.3. The molecule has 0 unspecified atom stereocenters. The number of nitrogens with one attached hydrogen (secondary N) is 1. The van der Waals surface area contributed by atoms with E-state index in [4.69, 9.17) is 0 Å². The zero-order chi connectivity index (χ0) is 20.5. The van der Waals surface area contributed by atoms with Crippen LogP contribution in [0.25, 0.3) is 0 Å². The number of benzene rings is 2. The van der Waals surface area contributed by atoms with Crippen molar-refractivity contribution >= 4 is 18.3 Å². The fraction of sp³-hybridized carbons (Fsp3) is 0.423. The van der Waals surface area contributed by atoms with Crippen molar-refractivity contribution in [3.8, 4) is 0 Å². The summed E-state index contributed by atoms with van der Waals surface area (Å²) in [4.78, 5) is 14.7. The first-order valence-corrected chi connectivity index (χ1v) is 10.8. The van der Waals surface area contributed by atoms with E-state index in [1.54, 1.807) is 0 Å². The molecule has 0 aromatic heterocycles. The molecule has 1 N–H and O–H groups in total. The number of halogens is 1. The molecule has 162 valence electrons. The van der Waals surface area contributed by atoms with Gasteiger partial charge in [-0.15, -0.1) is 12.4 Å². The van der Waals surface area contributed by atoms with Crippen molar-refractivity contribution in [2.75, 3.05) is 20.6 Å². The van der Waals surface area contributed by atoms with Crippen LogP contribution in [0.5, 0.6) is 0 Å². The van der Waals surface area contributed by atoms with Crippen LogP contribution in [0, 0.1) is 0 Å². The lowest BCUT2D eigenvalue weighted by atomic mass is 9.74. The first-order valence-electron chi connectivity index (χ1n) is 10.8. The van der Waals surface area contributed by atoms with E-state index in [2.05, 4.69) is 78.9 Å². The van der Waals surface area contributed by atoms with Crippen molar-refractivity contribution in [3.05, 3.63) is 83.4 Å². The molecule has 1 amide bonds. The van der Waals surface area contributed by atoms with Gasteiger partial charge in [0.05, 0.1) is 0 Å². The smallest absolute Gasteiger partial charge is 0.243 e. The maximum Gasteiger partial charge on any atom is 0.243 e. The van der Waals surface area contributed by atoms with Gasteiger partial charge in [0.25, 0.3) is 0 Å². The Kier molecular flexibility index (Phi) is 9.61. The Hall–Kier alpha value is -2.10. The predicted octanol–water partition coefficient (Wildman–Crippen LogP) is 5.50. The minimum absolute atomic E-state index is 0. The quantitative estimate of drug-likeness (QED) is 0.446. The van der Waals surface area contributed by atoms with Crippen molar-refractivity contribution in [2.24, 2.45) is 0 Å². The lowest BCUT2D eigenvalue weighted by Gasteiger charge is -2.44. The van der Waals surface area contributed by atoms with Crippen molar-refractivity contribution in [3.63, 3.8) is 0 Å². The van der Waals surface area contributed by atoms with E-state index in [0.29, 0.717) is 0 Å². The van der Waals surface area contributed by atoms with E-state index in [-0.39, 0.29) is 23.9 Å². The number of unbranched alkanes of at least 4 members (excludes halogenated alkanes) is 1. The Bertz CT molecular complexity index is 792. The topological polar surface area (TPSA) is 32.3 Å². The van der Waals surface area contributed by atoms with Gasteiger partial charge in [0.15, 0.2) is 0 Å². The molecule has 0 bridgehead atoms. The summed E-state index contributed by atoms with van der Waals surface area (Å²) in [7, 11) is 4.34. The second-order valence-electron chi connectivity index (χ2n) is 8.33. The van der Waals surface area contributed by atoms with E-state index < -0.39 is 0 Å². The molecule has 0 aliphatic heterocycles. The molecule has 0 heterocycles. The molecule has 0 saturated heterocycles. The zero-order valence-corrected chi connectivity index (χ0v) is 19.1. The average molecular weight is 427 g/mol. The number of rotatable bonds is 8. The van der Waals surface area contributed by atoms with E-state index in [0.717, 1.165) is 51.5 Å². The van der Waals surface area contributed by atoms with Gasteiger partial charge in [0.2, 0.25) is 5.91 Å². The summed E-state index contributed by atoms with van der Waals surface area (Å²) in [6.07, 6.45) is 9.11.